The fourth-order valence-corrected chi connectivity index (χ4v) is 2.19. The van der Waals surface area contributed by atoms with Gasteiger partial charge in [-0.15, -0.1) is 0 Å². The first-order valence-corrected chi connectivity index (χ1v) is 6.56. The zero-order valence-electron chi connectivity index (χ0n) is 11.4. The average molecular weight is 284 g/mol. The number of amides is 1. The molecule has 0 spiro atoms. The van der Waals surface area contributed by atoms with Crippen LogP contribution >= 0.6 is 0 Å². The van der Waals surface area contributed by atoms with Crippen molar-refractivity contribution in [2.75, 3.05) is 6.54 Å². The van der Waals surface area contributed by atoms with Crippen LogP contribution in [0.3, 0.4) is 0 Å². The average Bonchev–Trinajstić information content (AvgIpc) is 2.94. The Morgan fingerprint density at radius 2 is 2.19 bits per heavy atom. The topological polar surface area (TPSA) is 70.7 Å². The molecular formula is C15H13FN4O. The van der Waals surface area contributed by atoms with Gasteiger partial charge in [0, 0.05) is 29.3 Å². The van der Waals surface area contributed by atoms with E-state index in [0.29, 0.717) is 28.9 Å². The third-order valence-electron chi connectivity index (χ3n) is 3.17. The minimum Gasteiger partial charge on any atom is -0.352 e. The summed E-state index contributed by atoms with van der Waals surface area (Å²) in [6.07, 6.45) is 3.23. The van der Waals surface area contributed by atoms with Crippen molar-refractivity contribution in [1.29, 1.82) is 0 Å². The smallest absolute Gasteiger partial charge is 0.251 e. The molecule has 21 heavy (non-hydrogen) atoms. The Labute approximate surface area is 120 Å². The van der Waals surface area contributed by atoms with Crippen molar-refractivity contribution in [3.63, 3.8) is 0 Å². The standard InChI is InChI=1S/C15H13FN4O/c1-2-17-15(21)12-4-3-11(16)6-13(12)9-5-10-8-19-20-14(10)18-7-9/h3-8H,2H2,1H3,(H,17,21)(H,18,19,20). The molecule has 0 aliphatic carbocycles. The maximum absolute atomic E-state index is 13.6. The van der Waals surface area contributed by atoms with Crippen LogP contribution in [-0.4, -0.2) is 27.6 Å². The van der Waals surface area contributed by atoms with Crippen molar-refractivity contribution in [1.82, 2.24) is 20.5 Å². The summed E-state index contributed by atoms with van der Waals surface area (Å²) < 4.78 is 13.6. The number of fused-ring (bicyclic) bond motifs is 1. The van der Waals surface area contributed by atoms with Crippen molar-refractivity contribution in [3.8, 4) is 11.1 Å². The fourth-order valence-electron chi connectivity index (χ4n) is 2.19. The summed E-state index contributed by atoms with van der Waals surface area (Å²) in [5.74, 6) is -0.634. The van der Waals surface area contributed by atoms with Crippen LogP contribution in [0.15, 0.2) is 36.7 Å². The molecule has 2 aromatic heterocycles. The van der Waals surface area contributed by atoms with E-state index in [0.717, 1.165) is 5.39 Å². The second-order valence-corrected chi connectivity index (χ2v) is 4.58. The zero-order valence-corrected chi connectivity index (χ0v) is 11.4. The number of benzene rings is 1. The highest BCUT2D eigenvalue weighted by Crippen LogP contribution is 2.26. The molecule has 0 unspecified atom stereocenters. The highest BCUT2D eigenvalue weighted by Gasteiger charge is 2.14. The van der Waals surface area contributed by atoms with E-state index in [1.54, 1.807) is 12.4 Å². The SMILES string of the molecule is CCNC(=O)c1ccc(F)cc1-c1cnc2[nH]ncc2c1. The lowest BCUT2D eigenvalue weighted by molar-refractivity contribution is 0.0956. The van der Waals surface area contributed by atoms with Gasteiger partial charge in [-0.3, -0.25) is 9.89 Å². The summed E-state index contributed by atoms with van der Waals surface area (Å²) in [6.45, 7) is 2.34. The number of pyridine rings is 1. The maximum atomic E-state index is 13.6. The van der Waals surface area contributed by atoms with Crippen LogP contribution in [0.5, 0.6) is 0 Å². The summed E-state index contributed by atoms with van der Waals surface area (Å²) in [6, 6.07) is 5.92. The van der Waals surface area contributed by atoms with Crippen LogP contribution in [0.4, 0.5) is 4.39 Å². The lowest BCUT2D eigenvalue weighted by atomic mass is 9.99. The van der Waals surface area contributed by atoms with E-state index in [-0.39, 0.29) is 5.91 Å². The van der Waals surface area contributed by atoms with E-state index in [4.69, 9.17) is 0 Å². The van der Waals surface area contributed by atoms with Gasteiger partial charge in [0.25, 0.3) is 5.91 Å². The number of carbonyl (C=O) groups is 1. The van der Waals surface area contributed by atoms with Crippen LogP contribution in [0, 0.1) is 5.82 Å². The first kappa shape index (κ1) is 13.2. The molecule has 3 rings (SSSR count). The number of halogens is 1. The summed E-state index contributed by atoms with van der Waals surface area (Å²) in [4.78, 5) is 16.3. The van der Waals surface area contributed by atoms with Gasteiger partial charge in [0.05, 0.1) is 6.20 Å². The number of hydrogen-bond donors (Lipinski definition) is 2. The van der Waals surface area contributed by atoms with Gasteiger partial charge in [0.1, 0.15) is 5.82 Å². The predicted molar refractivity (Wildman–Crippen MR) is 77.3 cm³/mol. The van der Waals surface area contributed by atoms with Crippen molar-refractivity contribution in [2.45, 2.75) is 6.92 Å². The molecule has 0 radical (unpaired) electrons. The van der Waals surface area contributed by atoms with Gasteiger partial charge in [-0.1, -0.05) is 0 Å². The minimum absolute atomic E-state index is 0.236. The molecule has 0 atom stereocenters. The molecule has 106 valence electrons. The Hall–Kier alpha value is -2.76. The number of rotatable bonds is 3. The molecule has 0 aliphatic rings. The maximum Gasteiger partial charge on any atom is 0.251 e. The first-order valence-electron chi connectivity index (χ1n) is 6.56. The number of nitrogens with one attached hydrogen (secondary N) is 2. The fraction of sp³-hybridized carbons (Fsp3) is 0.133. The number of carbonyl (C=O) groups excluding carboxylic acids is 1. The Morgan fingerprint density at radius 1 is 1.33 bits per heavy atom. The first-order chi connectivity index (χ1) is 10.2. The van der Waals surface area contributed by atoms with Gasteiger partial charge < -0.3 is 5.32 Å². The number of aromatic nitrogens is 3. The highest BCUT2D eigenvalue weighted by atomic mass is 19.1. The molecular weight excluding hydrogens is 271 g/mol. The van der Waals surface area contributed by atoms with E-state index in [1.807, 2.05) is 13.0 Å². The van der Waals surface area contributed by atoms with Gasteiger partial charge >= 0.3 is 0 Å². The molecule has 3 aromatic rings. The molecule has 0 saturated heterocycles. The molecule has 2 heterocycles. The van der Waals surface area contributed by atoms with Crippen molar-refractivity contribution in [3.05, 3.63) is 48.0 Å². The number of H-pyrrole nitrogens is 1. The molecule has 0 saturated carbocycles. The van der Waals surface area contributed by atoms with Crippen LogP contribution in [-0.2, 0) is 0 Å². The van der Waals surface area contributed by atoms with Gasteiger partial charge in [0.15, 0.2) is 5.65 Å². The van der Waals surface area contributed by atoms with Crippen molar-refractivity contribution in [2.24, 2.45) is 0 Å². The summed E-state index contributed by atoms with van der Waals surface area (Å²) in [5, 5.41) is 10.2. The monoisotopic (exact) mass is 284 g/mol. The summed E-state index contributed by atoms with van der Waals surface area (Å²) in [5.41, 5.74) is 2.25. The van der Waals surface area contributed by atoms with Gasteiger partial charge in [-0.2, -0.15) is 5.10 Å². The van der Waals surface area contributed by atoms with Crippen LogP contribution in [0.1, 0.15) is 17.3 Å². The summed E-state index contributed by atoms with van der Waals surface area (Å²) in [7, 11) is 0. The molecule has 0 aliphatic heterocycles. The molecule has 5 nitrogen and oxygen atoms in total. The minimum atomic E-state index is -0.398. The third-order valence-corrected chi connectivity index (χ3v) is 3.17. The normalized spacial score (nSPS) is 10.8. The Balaban J connectivity index is 2.15. The Kier molecular flexibility index (Phi) is 3.35. The Bertz CT molecular complexity index is 812. The largest absolute Gasteiger partial charge is 0.352 e. The van der Waals surface area contributed by atoms with Crippen LogP contribution < -0.4 is 5.32 Å². The number of hydrogen-bond acceptors (Lipinski definition) is 3. The van der Waals surface area contributed by atoms with Crippen molar-refractivity contribution >= 4 is 16.9 Å². The van der Waals surface area contributed by atoms with E-state index in [2.05, 4.69) is 20.5 Å². The van der Waals surface area contributed by atoms with E-state index in [9.17, 15) is 9.18 Å². The van der Waals surface area contributed by atoms with Crippen LogP contribution in [0.25, 0.3) is 22.2 Å². The van der Waals surface area contributed by atoms with Gasteiger partial charge in [0.2, 0.25) is 0 Å². The van der Waals surface area contributed by atoms with Crippen molar-refractivity contribution < 1.29 is 9.18 Å². The quantitative estimate of drug-likeness (QED) is 0.776. The zero-order chi connectivity index (χ0) is 14.8. The molecule has 2 N–H and O–H groups in total. The molecule has 0 fully saturated rings. The van der Waals surface area contributed by atoms with Gasteiger partial charge in [-0.25, -0.2) is 9.37 Å². The van der Waals surface area contributed by atoms with Crippen LogP contribution in [0.2, 0.25) is 0 Å². The lowest BCUT2D eigenvalue weighted by Crippen LogP contribution is -2.23. The predicted octanol–water partition coefficient (Wildman–Crippen LogP) is 2.51. The molecule has 6 heteroatoms. The van der Waals surface area contributed by atoms with E-state index >= 15 is 0 Å². The van der Waals surface area contributed by atoms with E-state index < -0.39 is 5.82 Å². The molecule has 1 amide bonds. The second kappa shape index (κ2) is 5.32. The van der Waals surface area contributed by atoms with Gasteiger partial charge in [-0.05, 0) is 36.8 Å². The second-order valence-electron chi connectivity index (χ2n) is 4.58. The summed E-state index contributed by atoms with van der Waals surface area (Å²) >= 11 is 0. The number of aromatic amines is 1. The lowest BCUT2D eigenvalue weighted by Gasteiger charge is -2.09. The highest BCUT2D eigenvalue weighted by molar-refractivity contribution is 6.01. The number of nitrogens with zero attached hydrogens (tertiary/aromatic N) is 2. The molecule has 0 bridgehead atoms. The third kappa shape index (κ3) is 2.47. The molecule has 1 aromatic carbocycles. The Morgan fingerprint density at radius 3 is 3.00 bits per heavy atom. The van der Waals surface area contributed by atoms with E-state index in [1.165, 1.54) is 18.2 Å².